The molecule has 0 spiro atoms. The molecule has 1 saturated heterocycles. The number of halogens is 3. The van der Waals surface area contributed by atoms with Gasteiger partial charge in [-0.3, -0.25) is 14.7 Å². The van der Waals surface area contributed by atoms with E-state index in [4.69, 9.17) is 4.74 Å². The summed E-state index contributed by atoms with van der Waals surface area (Å²) in [6.07, 6.45) is -2.81. The topological polar surface area (TPSA) is 87.3 Å². The molecule has 2 N–H and O–H groups in total. The molecular weight excluding hydrogens is 413 g/mol. The van der Waals surface area contributed by atoms with Crippen LogP contribution in [0.3, 0.4) is 0 Å². The molecule has 2 aromatic rings. The second-order valence-corrected chi connectivity index (χ2v) is 7.64. The van der Waals surface area contributed by atoms with Crippen molar-refractivity contribution < 1.29 is 27.5 Å². The Morgan fingerprint density at radius 2 is 1.97 bits per heavy atom. The van der Waals surface area contributed by atoms with Crippen LogP contribution < -0.4 is 10.1 Å². The highest BCUT2D eigenvalue weighted by atomic mass is 19.4. The monoisotopic (exact) mass is 438 g/mol. The number of amides is 2. The summed E-state index contributed by atoms with van der Waals surface area (Å²) in [6.45, 7) is 1.66. The number of nitrogens with zero attached hydrogens (tertiary/aromatic N) is 2. The van der Waals surface area contributed by atoms with E-state index in [0.29, 0.717) is 38.0 Å². The molecule has 0 radical (unpaired) electrons. The Kier molecular flexibility index (Phi) is 6.87. The Bertz CT molecular complexity index is 934. The van der Waals surface area contributed by atoms with Gasteiger partial charge in [-0.05, 0) is 43.0 Å². The van der Waals surface area contributed by atoms with Crippen LogP contribution in [-0.4, -0.2) is 59.8 Å². The Balaban J connectivity index is 1.51. The first-order valence-corrected chi connectivity index (χ1v) is 9.98. The number of aryl methyl sites for hydroxylation is 1. The SMILES string of the molecule is COc1ccc(CC(=O)N2CCC(c3cc(C(=O)NCC(F)(F)F)n[nH]3)CC2)cc1C. The maximum Gasteiger partial charge on any atom is 0.405 e. The first-order valence-electron chi connectivity index (χ1n) is 9.98. The van der Waals surface area contributed by atoms with Crippen molar-refractivity contribution in [1.29, 1.82) is 0 Å². The third-order valence-corrected chi connectivity index (χ3v) is 5.38. The van der Waals surface area contributed by atoms with Crippen molar-refractivity contribution in [3.63, 3.8) is 0 Å². The molecule has 1 aromatic carbocycles. The zero-order valence-electron chi connectivity index (χ0n) is 17.4. The highest BCUT2D eigenvalue weighted by molar-refractivity contribution is 5.92. The number of piperidine rings is 1. The molecule has 31 heavy (non-hydrogen) atoms. The number of benzene rings is 1. The van der Waals surface area contributed by atoms with Crippen LogP contribution in [0, 0.1) is 6.92 Å². The van der Waals surface area contributed by atoms with Gasteiger partial charge in [0.25, 0.3) is 5.91 Å². The van der Waals surface area contributed by atoms with E-state index in [1.165, 1.54) is 6.07 Å². The highest BCUT2D eigenvalue weighted by Gasteiger charge is 2.29. The number of methoxy groups -OCH3 is 1. The van der Waals surface area contributed by atoms with E-state index in [0.717, 1.165) is 16.9 Å². The van der Waals surface area contributed by atoms with Crippen molar-refractivity contribution in [1.82, 2.24) is 20.4 Å². The molecule has 168 valence electrons. The average molecular weight is 438 g/mol. The van der Waals surface area contributed by atoms with Gasteiger partial charge in [-0.2, -0.15) is 18.3 Å². The summed E-state index contributed by atoms with van der Waals surface area (Å²) in [6, 6.07) is 7.16. The van der Waals surface area contributed by atoms with Gasteiger partial charge in [0.1, 0.15) is 18.0 Å². The maximum absolute atomic E-state index is 12.7. The molecular formula is C21H25F3N4O3. The number of ether oxygens (including phenoxy) is 1. The van der Waals surface area contributed by atoms with Crippen LogP contribution >= 0.6 is 0 Å². The molecule has 7 nitrogen and oxygen atoms in total. The minimum absolute atomic E-state index is 0.0415. The third kappa shape index (κ3) is 5.99. The summed E-state index contributed by atoms with van der Waals surface area (Å²) >= 11 is 0. The zero-order valence-corrected chi connectivity index (χ0v) is 17.4. The average Bonchev–Trinajstić information content (AvgIpc) is 3.22. The molecule has 0 unspecified atom stereocenters. The number of aromatic nitrogens is 2. The molecule has 1 aliphatic rings. The largest absolute Gasteiger partial charge is 0.496 e. The molecule has 10 heteroatoms. The second-order valence-electron chi connectivity index (χ2n) is 7.64. The molecule has 2 amide bonds. The minimum Gasteiger partial charge on any atom is -0.496 e. The number of aromatic amines is 1. The summed E-state index contributed by atoms with van der Waals surface area (Å²) in [4.78, 5) is 26.3. The quantitative estimate of drug-likeness (QED) is 0.726. The van der Waals surface area contributed by atoms with Gasteiger partial charge in [-0.25, -0.2) is 0 Å². The van der Waals surface area contributed by atoms with Crippen LogP contribution in [-0.2, 0) is 11.2 Å². The predicted octanol–water partition coefficient (Wildman–Crippen LogP) is 2.97. The van der Waals surface area contributed by atoms with Gasteiger partial charge in [0.2, 0.25) is 5.91 Å². The van der Waals surface area contributed by atoms with Crippen molar-refractivity contribution in [2.24, 2.45) is 0 Å². The summed E-state index contributed by atoms with van der Waals surface area (Å²) in [5.41, 5.74) is 2.51. The van der Waals surface area contributed by atoms with Crippen molar-refractivity contribution in [3.05, 3.63) is 46.8 Å². The molecule has 0 bridgehead atoms. The van der Waals surface area contributed by atoms with Crippen LogP contribution in [0.5, 0.6) is 5.75 Å². The third-order valence-electron chi connectivity index (χ3n) is 5.38. The van der Waals surface area contributed by atoms with E-state index >= 15 is 0 Å². The standard InChI is InChI=1S/C21H25F3N4O3/c1-13-9-14(3-4-18(13)31-2)10-19(29)28-7-5-15(6-8-28)16-11-17(27-26-16)20(30)25-12-21(22,23)24/h3-4,9,11,15H,5-8,10,12H2,1-2H3,(H,25,30)(H,26,27). The van der Waals surface area contributed by atoms with Gasteiger partial charge in [0, 0.05) is 24.7 Å². The number of likely N-dealkylation sites (tertiary alicyclic amines) is 1. The van der Waals surface area contributed by atoms with Crippen molar-refractivity contribution in [2.75, 3.05) is 26.7 Å². The van der Waals surface area contributed by atoms with E-state index in [1.807, 2.05) is 30.0 Å². The van der Waals surface area contributed by atoms with Crippen molar-refractivity contribution in [3.8, 4) is 5.75 Å². The van der Waals surface area contributed by atoms with Gasteiger partial charge < -0.3 is 15.0 Å². The second kappa shape index (κ2) is 9.40. The van der Waals surface area contributed by atoms with Crippen LogP contribution in [0.4, 0.5) is 13.2 Å². The number of hydrogen-bond donors (Lipinski definition) is 2. The number of alkyl halides is 3. The minimum atomic E-state index is -4.47. The van der Waals surface area contributed by atoms with Crippen LogP contribution in [0.15, 0.2) is 24.3 Å². The van der Waals surface area contributed by atoms with E-state index in [-0.39, 0.29) is 17.5 Å². The van der Waals surface area contributed by atoms with E-state index in [1.54, 1.807) is 12.4 Å². The molecule has 1 aromatic heterocycles. The zero-order chi connectivity index (χ0) is 22.6. The summed E-state index contributed by atoms with van der Waals surface area (Å²) in [7, 11) is 1.61. The summed E-state index contributed by atoms with van der Waals surface area (Å²) in [5.74, 6) is 0.00837. The number of rotatable bonds is 6. The Labute approximate surface area is 178 Å². The first-order chi connectivity index (χ1) is 14.7. The molecule has 1 aliphatic heterocycles. The van der Waals surface area contributed by atoms with Crippen LogP contribution in [0.1, 0.15) is 46.1 Å². The maximum atomic E-state index is 12.7. The van der Waals surface area contributed by atoms with Gasteiger partial charge in [0.05, 0.1) is 13.5 Å². The fourth-order valence-electron chi connectivity index (χ4n) is 3.71. The lowest BCUT2D eigenvalue weighted by Crippen LogP contribution is -2.38. The van der Waals surface area contributed by atoms with E-state index in [9.17, 15) is 22.8 Å². The molecule has 3 rings (SSSR count). The normalized spacial score (nSPS) is 15.1. The summed E-state index contributed by atoms with van der Waals surface area (Å²) in [5, 5.41) is 8.38. The number of carbonyl (C=O) groups is 2. The van der Waals surface area contributed by atoms with E-state index in [2.05, 4.69) is 10.2 Å². The first kappa shape index (κ1) is 22.6. The lowest BCUT2D eigenvalue weighted by molar-refractivity contribution is -0.131. The van der Waals surface area contributed by atoms with Crippen molar-refractivity contribution >= 4 is 11.8 Å². The molecule has 2 heterocycles. The molecule has 0 saturated carbocycles. The van der Waals surface area contributed by atoms with Gasteiger partial charge in [-0.1, -0.05) is 12.1 Å². The summed E-state index contributed by atoms with van der Waals surface area (Å²) < 4.78 is 42.0. The van der Waals surface area contributed by atoms with Crippen LogP contribution in [0.2, 0.25) is 0 Å². The van der Waals surface area contributed by atoms with Gasteiger partial charge in [0.15, 0.2) is 0 Å². The predicted molar refractivity (Wildman–Crippen MR) is 107 cm³/mol. The number of carbonyl (C=O) groups excluding carboxylic acids is 2. The number of H-pyrrole nitrogens is 1. The van der Waals surface area contributed by atoms with Crippen molar-refractivity contribution in [2.45, 2.75) is 38.3 Å². The highest BCUT2D eigenvalue weighted by Crippen LogP contribution is 2.28. The van der Waals surface area contributed by atoms with Gasteiger partial charge >= 0.3 is 6.18 Å². The Morgan fingerprint density at radius 3 is 2.58 bits per heavy atom. The molecule has 0 atom stereocenters. The number of hydrogen-bond acceptors (Lipinski definition) is 4. The lowest BCUT2D eigenvalue weighted by atomic mass is 9.93. The Morgan fingerprint density at radius 1 is 1.26 bits per heavy atom. The fraction of sp³-hybridized carbons (Fsp3) is 0.476. The smallest absolute Gasteiger partial charge is 0.405 e. The molecule has 1 fully saturated rings. The Hall–Kier alpha value is -3.04. The lowest BCUT2D eigenvalue weighted by Gasteiger charge is -2.31. The van der Waals surface area contributed by atoms with Crippen LogP contribution in [0.25, 0.3) is 0 Å². The van der Waals surface area contributed by atoms with Gasteiger partial charge in [-0.15, -0.1) is 0 Å². The fourth-order valence-corrected chi connectivity index (χ4v) is 3.71. The molecule has 0 aliphatic carbocycles. The van der Waals surface area contributed by atoms with E-state index < -0.39 is 18.6 Å². The number of nitrogens with one attached hydrogen (secondary N) is 2.